The second-order valence-electron chi connectivity index (χ2n) is 5.95. The molecule has 24 heavy (non-hydrogen) atoms. The van der Waals surface area contributed by atoms with Crippen molar-refractivity contribution in [1.82, 2.24) is 9.21 Å². The molecule has 1 atom stereocenters. The van der Waals surface area contributed by atoms with Gasteiger partial charge in [0.15, 0.2) is 0 Å². The summed E-state index contributed by atoms with van der Waals surface area (Å²) in [5, 5.41) is 5.01. The molecule has 0 unspecified atom stereocenters. The van der Waals surface area contributed by atoms with E-state index >= 15 is 0 Å². The quantitative estimate of drug-likeness (QED) is 0.783. The lowest BCUT2D eigenvalue weighted by molar-refractivity contribution is -0.134. The normalized spacial score (nSPS) is 19.9. The molecule has 2 rings (SSSR count). The number of nitrogens with two attached hydrogens (primary N) is 1. The van der Waals surface area contributed by atoms with Crippen LogP contribution in [-0.4, -0.2) is 59.1 Å². The van der Waals surface area contributed by atoms with Crippen LogP contribution in [0.3, 0.4) is 0 Å². The van der Waals surface area contributed by atoms with Crippen molar-refractivity contribution in [1.29, 1.82) is 0 Å². The Labute approximate surface area is 142 Å². The number of nitrogens with zero attached hydrogens (tertiary/aromatic N) is 2. The van der Waals surface area contributed by atoms with Gasteiger partial charge in [-0.15, -0.1) is 0 Å². The van der Waals surface area contributed by atoms with Crippen molar-refractivity contribution in [2.75, 3.05) is 27.2 Å². The van der Waals surface area contributed by atoms with E-state index < -0.39 is 20.0 Å². The Bertz CT molecular complexity index is 816. The van der Waals surface area contributed by atoms with Crippen LogP contribution in [0.15, 0.2) is 34.1 Å². The Morgan fingerprint density at radius 1 is 1.12 bits per heavy atom. The first-order valence-electron chi connectivity index (χ1n) is 7.37. The van der Waals surface area contributed by atoms with E-state index in [0.717, 1.165) is 12.1 Å². The molecule has 1 fully saturated rings. The molecule has 1 aromatic rings. The van der Waals surface area contributed by atoms with E-state index in [1.54, 1.807) is 14.1 Å². The lowest BCUT2D eigenvalue weighted by atomic mass is 9.98. The zero-order valence-electron chi connectivity index (χ0n) is 13.5. The first kappa shape index (κ1) is 18.8. The van der Waals surface area contributed by atoms with Gasteiger partial charge in [0.2, 0.25) is 26.0 Å². The molecule has 10 heteroatoms. The molecular formula is C14H21N3O5S2. The number of rotatable bonds is 4. The fraction of sp³-hybridized carbons (Fsp3) is 0.500. The molecule has 0 aliphatic carbocycles. The largest absolute Gasteiger partial charge is 0.349 e. The van der Waals surface area contributed by atoms with E-state index in [0.29, 0.717) is 19.4 Å². The van der Waals surface area contributed by atoms with Crippen LogP contribution in [0.4, 0.5) is 0 Å². The van der Waals surface area contributed by atoms with Crippen LogP contribution in [0.1, 0.15) is 12.8 Å². The molecule has 1 heterocycles. The number of hydrogen-bond acceptors (Lipinski definition) is 5. The van der Waals surface area contributed by atoms with Crippen LogP contribution in [0.5, 0.6) is 0 Å². The van der Waals surface area contributed by atoms with Crippen LogP contribution in [-0.2, 0) is 24.8 Å². The third-order valence-electron chi connectivity index (χ3n) is 3.96. The summed E-state index contributed by atoms with van der Waals surface area (Å²) in [6.45, 7) is 0.451. The van der Waals surface area contributed by atoms with Gasteiger partial charge in [-0.05, 0) is 37.1 Å². The lowest BCUT2D eigenvalue weighted by Crippen LogP contribution is -2.45. The molecule has 2 N–H and O–H groups in total. The average molecular weight is 375 g/mol. The Balaban J connectivity index is 2.25. The van der Waals surface area contributed by atoms with Crippen LogP contribution >= 0.6 is 0 Å². The Morgan fingerprint density at radius 2 is 1.67 bits per heavy atom. The van der Waals surface area contributed by atoms with Gasteiger partial charge in [0.25, 0.3) is 0 Å². The monoisotopic (exact) mass is 375 g/mol. The molecule has 0 aromatic heterocycles. The molecule has 1 aromatic carbocycles. The fourth-order valence-electron chi connectivity index (χ4n) is 2.68. The van der Waals surface area contributed by atoms with Crippen molar-refractivity contribution in [3.8, 4) is 0 Å². The minimum atomic E-state index is -3.88. The van der Waals surface area contributed by atoms with E-state index in [4.69, 9.17) is 5.14 Å². The smallest absolute Gasteiger partial charge is 0.243 e. The maximum atomic E-state index is 12.7. The maximum Gasteiger partial charge on any atom is 0.243 e. The van der Waals surface area contributed by atoms with Gasteiger partial charge >= 0.3 is 0 Å². The second-order valence-corrected chi connectivity index (χ2v) is 9.45. The molecule has 0 spiro atoms. The Kier molecular flexibility index (Phi) is 5.33. The second kappa shape index (κ2) is 6.79. The summed E-state index contributed by atoms with van der Waals surface area (Å²) in [4.78, 5) is 13.4. The van der Waals surface area contributed by atoms with Crippen LogP contribution in [0.25, 0.3) is 0 Å². The zero-order valence-corrected chi connectivity index (χ0v) is 15.2. The van der Waals surface area contributed by atoms with E-state index in [1.165, 1.54) is 21.3 Å². The summed E-state index contributed by atoms with van der Waals surface area (Å²) in [6, 6.07) is 4.75. The highest BCUT2D eigenvalue weighted by Gasteiger charge is 2.33. The molecule has 8 nitrogen and oxygen atoms in total. The highest BCUT2D eigenvalue weighted by molar-refractivity contribution is 7.89. The van der Waals surface area contributed by atoms with Gasteiger partial charge in [-0.25, -0.2) is 22.0 Å². The number of amides is 1. The summed E-state index contributed by atoms with van der Waals surface area (Å²) < 4.78 is 49.2. The topological polar surface area (TPSA) is 118 Å². The number of primary sulfonamides is 1. The maximum absolute atomic E-state index is 12.7. The van der Waals surface area contributed by atoms with Crippen molar-refractivity contribution in [2.24, 2.45) is 11.1 Å². The van der Waals surface area contributed by atoms with Gasteiger partial charge in [0.1, 0.15) is 0 Å². The number of carbonyl (C=O) groups is 1. The first-order valence-corrected chi connectivity index (χ1v) is 10.4. The highest BCUT2D eigenvalue weighted by Crippen LogP contribution is 2.25. The molecule has 1 aliphatic heterocycles. The number of benzene rings is 1. The zero-order chi connectivity index (χ0) is 18.1. The van der Waals surface area contributed by atoms with Crippen molar-refractivity contribution in [3.63, 3.8) is 0 Å². The minimum absolute atomic E-state index is 0.0205. The Hall–Kier alpha value is -1.49. The molecule has 1 saturated heterocycles. The summed E-state index contributed by atoms with van der Waals surface area (Å²) >= 11 is 0. The van der Waals surface area contributed by atoms with Gasteiger partial charge in [0.05, 0.1) is 15.7 Å². The van der Waals surface area contributed by atoms with Crippen molar-refractivity contribution in [3.05, 3.63) is 24.3 Å². The van der Waals surface area contributed by atoms with Gasteiger partial charge in [-0.1, -0.05) is 0 Å². The Morgan fingerprint density at radius 3 is 2.17 bits per heavy atom. The first-order chi connectivity index (χ1) is 11.0. The van der Waals surface area contributed by atoms with Crippen molar-refractivity contribution < 1.29 is 21.6 Å². The highest BCUT2D eigenvalue weighted by atomic mass is 32.2. The molecule has 0 saturated carbocycles. The average Bonchev–Trinajstić information content (AvgIpc) is 2.53. The number of sulfonamides is 2. The number of carbonyl (C=O) groups excluding carboxylic acids is 1. The molecule has 1 amide bonds. The van der Waals surface area contributed by atoms with Crippen LogP contribution in [0, 0.1) is 5.92 Å². The third kappa shape index (κ3) is 3.94. The van der Waals surface area contributed by atoms with Gasteiger partial charge in [0, 0.05) is 27.2 Å². The van der Waals surface area contributed by atoms with Crippen LogP contribution < -0.4 is 5.14 Å². The standard InChI is InChI=1S/C14H21N3O5S2/c1-16(2)14(18)11-4-3-9-17(10-11)24(21,22)13-7-5-12(6-8-13)23(15,19)20/h5-8,11H,3-4,9-10H2,1-2H3,(H2,15,19,20)/t11-/m1/s1. The minimum Gasteiger partial charge on any atom is -0.349 e. The van der Waals surface area contributed by atoms with Gasteiger partial charge in [-0.3, -0.25) is 4.79 Å². The van der Waals surface area contributed by atoms with Gasteiger partial charge in [-0.2, -0.15) is 4.31 Å². The third-order valence-corrected chi connectivity index (χ3v) is 6.77. The predicted molar refractivity (Wildman–Crippen MR) is 88.0 cm³/mol. The van der Waals surface area contributed by atoms with E-state index in [2.05, 4.69) is 0 Å². The fourth-order valence-corrected chi connectivity index (χ4v) is 4.72. The van der Waals surface area contributed by atoms with E-state index in [1.807, 2.05) is 0 Å². The summed E-state index contributed by atoms with van der Waals surface area (Å²) in [7, 11) is -4.39. The van der Waals surface area contributed by atoms with Gasteiger partial charge < -0.3 is 4.90 Å². The van der Waals surface area contributed by atoms with Crippen molar-refractivity contribution >= 4 is 26.0 Å². The number of hydrogen-bond donors (Lipinski definition) is 1. The lowest BCUT2D eigenvalue weighted by Gasteiger charge is -2.32. The summed E-state index contributed by atoms with van der Waals surface area (Å²) in [5.74, 6) is -0.466. The summed E-state index contributed by atoms with van der Waals surface area (Å²) in [6.07, 6.45) is 1.24. The molecule has 0 radical (unpaired) electrons. The summed E-state index contributed by atoms with van der Waals surface area (Å²) in [5.41, 5.74) is 0. The SMILES string of the molecule is CN(C)C(=O)[C@@H]1CCCN(S(=O)(=O)c2ccc(S(N)(=O)=O)cc2)C1. The predicted octanol–water partition coefficient (Wildman–Crippen LogP) is -0.177. The molecular weight excluding hydrogens is 354 g/mol. The van der Waals surface area contributed by atoms with E-state index in [9.17, 15) is 21.6 Å². The van der Waals surface area contributed by atoms with Crippen molar-refractivity contribution in [2.45, 2.75) is 22.6 Å². The molecule has 1 aliphatic rings. The molecule has 0 bridgehead atoms. The van der Waals surface area contributed by atoms with Crippen LogP contribution in [0.2, 0.25) is 0 Å². The molecule has 134 valence electrons. The van der Waals surface area contributed by atoms with E-state index in [-0.39, 0.29) is 28.2 Å². The number of piperidine rings is 1.